The van der Waals surface area contributed by atoms with Crippen LogP contribution < -0.4 is 16.6 Å². The van der Waals surface area contributed by atoms with E-state index >= 15 is 0 Å². The molecule has 3 N–H and O–H groups in total. The molecule has 0 unspecified atom stereocenters. The highest BCUT2D eigenvalue weighted by Crippen LogP contribution is 2.08. The summed E-state index contributed by atoms with van der Waals surface area (Å²) >= 11 is 0. The third kappa shape index (κ3) is 2.68. The molecule has 2 rings (SSSR count). The number of hydrogen-bond donors (Lipinski definition) is 3. The van der Waals surface area contributed by atoms with E-state index in [1.807, 2.05) is 6.92 Å². The van der Waals surface area contributed by atoms with Crippen molar-refractivity contribution in [1.29, 1.82) is 0 Å². The van der Waals surface area contributed by atoms with Crippen LogP contribution in [0.15, 0.2) is 9.59 Å². The second-order valence-electron chi connectivity index (χ2n) is 4.07. The number of nitrogens with zero attached hydrogens (tertiary/aromatic N) is 2. The van der Waals surface area contributed by atoms with Crippen LogP contribution in [0.1, 0.15) is 13.3 Å². The normalized spacial score (nSPS) is 11.1. The molecule has 0 bridgehead atoms. The fourth-order valence-electron chi connectivity index (χ4n) is 1.87. The maximum Gasteiger partial charge on any atom is 0.330 e. The molecular formula is C11H17N5O3. The Balaban J connectivity index is 2.48. The predicted octanol–water partition coefficient (Wildman–Crippen LogP) is -0.119. The minimum Gasteiger partial charge on any atom is -0.385 e. The van der Waals surface area contributed by atoms with Gasteiger partial charge in [0.25, 0.3) is 5.56 Å². The van der Waals surface area contributed by atoms with Crippen molar-refractivity contribution < 1.29 is 4.74 Å². The number of ether oxygens (including phenoxy) is 1. The van der Waals surface area contributed by atoms with Crippen molar-refractivity contribution in [3.8, 4) is 0 Å². The van der Waals surface area contributed by atoms with Crippen LogP contribution in [0, 0.1) is 0 Å². The Kier molecular flexibility index (Phi) is 4.00. The second kappa shape index (κ2) is 5.70. The van der Waals surface area contributed by atoms with Crippen molar-refractivity contribution in [2.24, 2.45) is 0 Å². The zero-order chi connectivity index (χ0) is 13.8. The molecule has 8 nitrogen and oxygen atoms in total. The quantitative estimate of drug-likeness (QED) is 0.633. The molecule has 0 spiro atoms. The Morgan fingerprint density at radius 3 is 2.84 bits per heavy atom. The van der Waals surface area contributed by atoms with Crippen LogP contribution in [-0.2, 0) is 11.3 Å². The number of nitrogens with one attached hydrogen (secondary N) is 3. The molecule has 2 heterocycles. The molecule has 0 amide bonds. The first-order valence-electron chi connectivity index (χ1n) is 6.13. The van der Waals surface area contributed by atoms with Gasteiger partial charge in [0.05, 0.1) is 0 Å². The molecule has 0 saturated carbocycles. The van der Waals surface area contributed by atoms with Crippen LogP contribution in [0.4, 0.5) is 5.95 Å². The number of aromatic amines is 2. The van der Waals surface area contributed by atoms with E-state index in [9.17, 15) is 9.59 Å². The van der Waals surface area contributed by atoms with Crippen molar-refractivity contribution in [1.82, 2.24) is 19.5 Å². The maximum atomic E-state index is 11.8. The summed E-state index contributed by atoms with van der Waals surface area (Å²) in [4.78, 5) is 32.9. The molecule has 2 aromatic heterocycles. The molecular weight excluding hydrogens is 250 g/mol. The van der Waals surface area contributed by atoms with Crippen LogP contribution in [0.25, 0.3) is 11.2 Å². The van der Waals surface area contributed by atoms with E-state index in [0.717, 1.165) is 0 Å². The van der Waals surface area contributed by atoms with Gasteiger partial charge in [0.15, 0.2) is 11.2 Å². The van der Waals surface area contributed by atoms with Crippen LogP contribution >= 0.6 is 0 Å². The van der Waals surface area contributed by atoms with Gasteiger partial charge in [-0.2, -0.15) is 4.98 Å². The highest BCUT2D eigenvalue weighted by molar-refractivity contribution is 5.72. The summed E-state index contributed by atoms with van der Waals surface area (Å²) in [6, 6.07) is 0. The first kappa shape index (κ1) is 13.3. The summed E-state index contributed by atoms with van der Waals surface area (Å²) in [5, 5.41) is 2.98. The molecule has 0 radical (unpaired) electrons. The van der Waals surface area contributed by atoms with Gasteiger partial charge in [0, 0.05) is 26.8 Å². The number of rotatable bonds is 6. The van der Waals surface area contributed by atoms with Gasteiger partial charge in [-0.3, -0.25) is 14.3 Å². The summed E-state index contributed by atoms with van der Waals surface area (Å²) in [6.45, 7) is 3.57. The molecule has 2 aromatic rings. The summed E-state index contributed by atoms with van der Waals surface area (Å²) in [7, 11) is 1.60. The van der Waals surface area contributed by atoms with Gasteiger partial charge in [0.2, 0.25) is 5.95 Å². The molecule has 0 saturated heterocycles. The summed E-state index contributed by atoms with van der Waals surface area (Å²) in [6.07, 6.45) is 0.668. The van der Waals surface area contributed by atoms with E-state index in [2.05, 4.69) is 20.3 Å². The van der Waals surface area contributed by atoms with Gasteiger partial charge in [-0.1, -0.05) is 0 Å². The molecule has 104 valence electrons. The van der Waals surface area contributed by atoms with E-state index in [-0.39, 0.29) is 0 Å². The zero-order valence-electron chi connectivity index (χ0n) is 10.9. The third-order valence-electron chi connectivity index (χ3n) is 2.71. The molecule has 0 aromatic carbocycles. The Labute approximate surface area is 108 Å². The van der Waals surface area contributed by atoms with E-state index in [4.69, 9.17) is 4.74 Å². The smallest absolute Gasteiger partial charge is 0.330 e. The van der Waals surface area contributed by atoms with Crippen molar-refractivity contribution in [3.63, 3.8) is 0 Å². The monoisotopic (exact) mass is 267 g/mol. The lowest BCUT2D eigenvalue weighted by Gasteiger charge is -2.04. The van der Waals surface area contributed by atoms with E-state index in [0.29, 0.717) is 43.2 Å². The Hall–Kier alpha value is -2.09. The summed E-state index contributed by atoms with van der Waals surface area (Å²) in [5.41, 5.74) is -0.253. The first-order valence-corrected chi connectivity index (χ1v) is 6.13. The van der Waals surface area contributed by atoms with Crippen molar-refractivity contribution in [2.45, 2.75) is 19.9 Å². The average Bonchev–Trinajstić information content (AvgIpc) is 2.78. The molecule has 0 fully saturated rings. The number of imidazole rings is 1. The lowest BCUT2D eigenvalue weighted by Crippen LogP contribution is -2.30. The Bertz CT molecular complexity index is 669. The highest BCUT2D eigenvalue weighted by Gasteiger charge is 2.12. The number of methoxy groups -OCH3 is 1. The molecule has 0 aliphatic carbocycles. The zero-order valence-corrected chi connectivity index (χ0v) is 10.9. The number of hydrogen-bond acceptors (Lipinski definition) is 5. The highest BCUT2D eigenvalue weighted by atomic mass is 16.5. The SMILES string of the molecule is CCNc1nc2c([nH]1)c(=O)[nH]c(=O)n2CCCOC. The second-order valence-corrected chi connectivity index (χ2v) is 4.07. The van der Waals surface area contributed by atoms with E-state index in [1.165, 1.54) is 4.57 Å². The maximum absolute atomic E-state index is 11.8. The van der Waals surface area contributed by atoms with Crippen LogP contribution in [0.5, 0.6) is 0 Å². The minimum absolute atomic E-state index is 0.299. The van der Waals surface area contributed by atoms with Crippen molar-refractivity contribution in [2.75, 3.05) is 25.6 Å². The van der Waals surface area contributed by atoms with Gasteiger partial charge >= 0.3 is 5.69 Å². The summed E-state index contributed by atoms with van der Waals surface area (Å²) in [5.74, 6) is 0.481. The average molecular weight is 267 g/mol. The van der Waals surface area contributed by atoms with Crippen molar-refractivity contribution >= 4 is 17.1 Å². The fourth-order valence-corrected chi connectivity index (χ4v) is 1.87. The number of aromatic nitrogens is 4. The first-order chi connectivity index (χ1) is 9.17. The van der Waals surface area contributed by atoms with Gasteiger partial charge in [-0.05, 0) is 13.3 Å². The van der Waals surface area contributed by atoms with Gasteiger partial charge < -0.3 is 15.0 Å². The van der Waals surface area contributed by atoms with E-state index < -0.39 is 11.2 Å². The lowest BCUT2D eigenvalue weighted by atomic mass is 10.4. The van der Waals surface area contributed by atoms with Gasteiger partial charge in [-0.15, -0.1) is 0 Å². The third-order valence-corrected chi connectivity index (χ3v) is 2.71. The van der Waals surface area contributed by atoms with Crippen LogP contribution in [0.2, 0.25) is 0 Å². The number of H-pyrrole nitrogens is 2. The number of anilines is 1. The minimum atomic E-state index is -0.459. The largest absolute Gasteiger partial charge is 0.385 e. The number of fused-ring (bicyclic) bond motifs is 1. The van der Waals surface area contributed by atoms with Gasteiger partial charge in [0.1, 0.15) is 0 Å². The fraction of sp³-hybridized carbons (Fsp3) is 0.545. The van der Waals surface area contributed by atoms with Crippen LogP contribution in [0.3, 0.4) is 0 Å². The van der Waals surface area contributed by atoms with Crippen molar-refractivity contribution in [3.05, 3.63) is 20.8 Å². The van der Waals surface area contributed by atoms with Gasteiger partial charge in [-0.25, -0.2) is 4.79 Å². The topological polar surface area (TPSA) is 105 Å². The molecule has 0 aliphatic rings. The molecule has 19 heavy (non-hydrogen) atoms. The molecule has 0 atom stereocenters. The number of aryl methyl sites for hydroxylation is 1. The lowest BCUT2D eigenvalue weighted by molar-refractivity contribution is 0.190. The molecule has 8 heteroatoms. The molecule has 0 aliphatic heterocycles. The predicted molar refractivity (Wildman–Crippen MR) is 71.6 cm³/mol. The van der Waals surface area contributed by atoms with Crippen LogP contribution in [-0.4, -0.2) is 39.8 Å². The standard InChI is InChI=1S/C11H17N5O3/c1-3-12-10-13-7-8(14-10)16(5-4-6-19-2)11(18)15-9(7)17/h3-6H2,1-2H3,(H2,12,13,14)(H,15,17,18). The Morgan fingerprint density at radius 2 is 2.16 bits per heavy atom. The van der Waals surface area contributed by atoms with E-state index in [1.54, 1.807) is 7.11 Å². The summed E-state index contributed by atoms with van der Waals surface area (Å²) < 4.78 is 6.39. The Morgan fingerprint density at radius 1 is 1.37 bits per heavy atom.